The molecule has 14 heavy (non-hydrogen) atoms. The molecule has 0 bridgehead atoms. The molecule has 0 amide bonds. The molecule has 1 heterocycles. The van der Waals surface area contributed by atoms with Crippen molar-refractivity contribution in [2.24, 2.45) is 0 Å². The number of aromatic nitrogens is 1. The molecule has 0 saturated heterocycles. The van der Waals surface area contributed by atoms with E-state index < -0.39 is 0 Å². The second-order valence-corrected chi connectivity index (χ2v) is 3.32. The molecule has 2 aromatic rings. The molecular formula is C11H14N2O. The molecule has 0 saturated carbocycles. The van der Waals surface area contributed by atoms with Crippen molar-refractivity contribution in [3.05, 3.63) is 23.8 Å². The smallest absolute Gasteiger partial charge is 0.295 e. The molecule has 0 atom stereocenters. The summed E-state index contributed by atoms with van der Waals surface area (Å²) in [4.78, 5) is 4.30. The van der Waals surface area contributed by atoms with Gasteiger partial charge in [-0.25, -0.2) is 0 Å². The number of nitrogens with one attached hydrogen (secondary N) is 1. The van der Waals surface area contributed by atoms with Crippen molar-refractivity contribution in [2.75, 3.05) is 12.4 Å². The Morgan fingerprint density at radius 3 is 3.00 bits per heavy atom. The zero-order chi connectivity index (χ0) is 9.97. The van der Waals surface area contributed by atoms with E-state index in [1.54, 1.807) is 7.05 Å². The van der Waals surface area contributed by atoms with Crippen LogP contribution in [0.2, 0.25) is 0 Å². The Labute approximate surface area is 83.1 Å². The minimum absolute atomic E-state index is 0.577. The standard InChI is InChI=1S/C11H14N2O/c1-3-4-8-5-6-10-9(7-8)13-11(12-2)14-10/h5-7H,3-4H2,1-2H3,(H,12,13). The van der Waals surface area contributed by atoms with Crippen LogP contribution in [0.25, 0.3) is 11.1 Å². The summed E-state index contributed by atoms with van der Waals surface area (Å²) in [6.45, 7) is 2.17. The van der Waals surface area contributed by atoms with Crippen LogP contribution in [-0.4, -0.2) is 12.0 Å². The average molecular weight is 190 g/mol. The second kappa shape index (κ2) is 3.70. The van der Waals surface area contributed by atoms with E-state index >= 15 is 0 Å². The first kappa shape index (κ1) is 9.06. The number of aryl methyl sites for hydroxylation is 1. The first-order valence-corrected chi connectivity index (χ1v) is 4.90. The van der Waals surface area contributed by atoms with Gasteiger partial charge in [0.2, 0.25) is 0 Å². The molecule has 0 aliphatic rings. The van der Waals surface area contributed by atoms with Crippen molar-refractivity contribution in [3.8, 4) is 0 Å². The Morgan fingerprint density at radius 1 is 1.43 bits per heavy atom. The first-order chi connectivity index (χ1) is 6.83. The highest BCUT2D eigenvalue weighted by molar-refractivity contribution is 5.75. The fourth-order valence-corrected chi connectivity index (χ4v) is 1.52. The number of hydrogen-bond donors (Lipinski definition) is 1. The van der Waals surface area contributed by atoms with Crippen molar-refractivity contribution in [1.29, 1.82) is 0 Å². The predicted molar refractivity (Wildman–Crippen MR) is 57.6 cm³/mol. The molecule has 0 radical (unpaired) electrons. The predicted octanol–water partition coefficient (Wildman–Crippen LogP) is 2.82. The second-order valence-electron chi connectivity index (χ2n) is 3.32. The van der Waals surface area contributed by atoms with Crippen LogP contribution in [0.4, 0.5) is 6.01 Å². The molecule has 1 N–H and O–H groups in total. The average Bonchev–Trinajstić information content (AvgIpc) is 2.60. The Hall–Kier alpha value is -1.51. The number of anilines is 1. The van der Waals surface area contributed by atoms with E-state index in [4.69, 9.17) is 4.42 Å². The van der Waals surface area contributed by atoms with E-state index in [0.29, 0.717) is 6.01 Å². The zero-order valence-corrected chi connectivity index (χ0v) is 8.50. The number of hydrogen-bond acceptors (Lipinski definition) is 3. The van der Waals surface area contributed by atoms with Gasteiger partial charge in [-0.05, 0) is 24.1 Å². The van der Waals surface area contributed by atoms with E-state index in [1.165, 1.54) is 5.56 Å². The van der Waals surface area contributed by atoms with Crippen LogP contribution in [0.5, 0.6) is 0 Å². The summed E-state index contributed by atoms with van der Waals surface area (Å²) in [6.07, 6.45) is 2.25. The van der Waals surface area contributed by atoms with Gasteiger partial charge in [-0.2, -0.15) is 4.98 Å². The van der Waals surface area contributed by atoms with Crippen LogP contribution in [0.15, 0.2) is 22.6 Å². The largest absolute Gasteiger partial charge is 0.424 e. The Kier molecular flexibility index (Phi) is 2.39. The summed E-state index contributed by atoms with van der Waals surface area (Å²) in [5.41, 5.74) is 3.09. The third-order valence-corrected chi connectivity index (χ3v) is 2.20. The Balaban J connectivity index is 2.43. The molecule has 3 nitrogen and oxygen atoms in total. The third-order valence-electron chi connectivity index (χ3n) is 2.20. The molecule has 74 valence electrons. The fraction of sp³-hybridized carbons (Fsp3) is 0.364. The van der Waals surface area contributed by atoms with Gasteiger partial charge in [0.15, 0.2) is 5.58 Å². The summed E-state index contributed by atoms with van der Waals surface area (Å²) < 4.78 is 5.43. The maximum absolute atomic E-state index is 5.43. The van der Waals surface area contributed by atoms with Gasteiger partial charge < -0.3 is 9.73 Å². The SMILES string of the molecule is CCCc1ccc2oc(NC)nc2c1. The molecule has 0 aliphatic heterocycles. The van der Waals surface area contributed by atoms with E-state index in [2.05, 4.69) is 29.4 Å². The molecule has 0 aliphatic carbocycles. The van der Waals surface area contributed by atoms with E-state index in [9.17, 15) is 0 Å². The summed E-state index contributed by atoms with van der Waals surface area (Å²) >= 11 is 0. The van der Waals surface area contributed by atoms with Crippen LogP contribution < -0.4 is 5.32 Å². The lowest BCUT2D eigenvalue weighted by Crippen LogP contribution is -1.85. The van der Waals surface area contributed by atoms with Gasteiger partial charge >= 0.3 is 0 Å². The number of rotatable bonds is 3. The summed E-state index contributed by atoms with van der Waals surface area (Å²) in [5, 5.41) is 2.89. The van der Waals surface area contributed by atoms with Crippen molar-refractivity contribution in [3.63, 3.8) is 0 Å². The molecule has 3 heteroatoms. The number of fused-ring (bicyclic) bond motifs is 1. The van der Waals surface area contributed by atoms with Crippen molar-refractivity contribution >= 4 is 17.1 Å². The zero-order valence-electron chi connectivity index (χ0n) is 8.50. The number of nitrogens with zero attached hydrogens (tertiary/aromatic N) is 1. The van der Waals surface area contributed by atoms with E-state index in [0.717, 1.165) is 23.9 Å². The first-order valence-electron chi connectivity index (χ1n) is 4.90. The van der Waals surface area contributed by atoms with Crippen LogP contribution in [0.1, 0.15) is 18.9 Å². The fourth-order valence-electron chi connectivity index (χ4n) is 1.52. The topological polar surface area (TPSA) is 38.1 Å². The minimum atomic E-state index is 0.577. The van der Waals surface area contributed by atoms with Crippen LogP contribution in [0, 0.1) is 0 Å². The van der Waals surface area contributed by atoms with E-state index in [1.807, 2.05) is 6.07 Å². The van der Waals surface area contributed by atoms with E-state index in [-0.39, 0.29) is 0 Å². The monoisotopic (exact) mass is 190 g/mol. The van der Waals surface area contributed by atoms with Gasteiger partial charge in [-0.15, -0.1) is 0 Å². The van der Waals surface area contributed by atoms with Gasteiger partial charge in [0.05, 0.1) is 0 Å². The van der Waals surface area contributed by atoms with Crippen LogP contribution >= 0.6 is 0 Å². The van der Waals surface area contributed by atoms with Gasteiger partial charge in [-0.1, -0.05) is 19.4 Å². The van der Waals surface area contributed by atoms with Crippen molar-refractivity contribution in [2.45, 2.75) is 19.8 Å². The Morgan fingerprint density at radius 2 is 2.29 bits per heavy atom. The summed E-state index contributed by atoms with van der Waals surface area (Å²) in [6, 6.07) is 6.74. The minimum Gasteiger partial charge on any atom is -0.424 e. The highest BCUT2D eigenvalue weighted by atomic mass is 16.4. The third kappa shape index (κ3) is 1.58. The lowest BCUT2D eigenvalue weighted by atomic mass is 10.1. The molecular weight excluding hydrogens is 176 g/mol. The highest BCUT2D eigenvalue weighted by Gasteiger charge is 2.03. The van der Waals surface area contributed by atoms with Crippen molar-refractivity contribution < 1.29 is 4.42 Å². The quantitative estimate of drug-likeness (QED) is 0.808. The lowest BCUT2D eigenvalue weighted by Gasteiger charge is -1.95. The molecule has 0 unspecified atom stereocenters. The highest BCUT2D eigenvalue weighted by Crippen LogP contribution is 2.20. The molecule has 0 fully saturated rings. The maximum atomic E-state index is 5.43. The molecule has 1 aromatic carbocycles. The van der Waals surface area contributed by atoms with Gasteiger partial charge in [-0.3, -0.25) is 0 Å². The summed E-state index contributed by atoms with van der Waals surface area (Å²) in [5.74, 6) is 0. The van der Waals surface area contributed by atoms with Gasteiger partial charge in [0.1, 0.15) is 5.52 Å². The lowest BCUT2D eigenvalue weighted by molar-refractivity contribution is 0.620. The van der Waals surface area contributed by atoms with Crippen LogP contribution in [-0.2, 0) is 6.42 Å². The summed E-state index contributed by atoms with van der Waals surface area (Å²) in [7, 11) is 1.80. The maximum Gasteiger partial charge on any atom is 0.295 e. The number of benzene rings is 1. The Bertz CT molecular complexity index is 434. The van der Waals surface area contributed by atoms with Gasteiger partial charge in [0.25, 0.3) is 6.01 Å². The van der Waals surface area contributed by atoms with Gasteiger partial charge in [0, 0.05) is 7.05 Å². The molecule has 1 aromatic heterocycles. The van der Waals surface area contributed by atoms with Crippen molar-refractivity contribution in [1.82, 2.24) is 4.98 Å². The number of oxazole rings is 1. The molecule has 2 rings (SSSR count). The normalized spacial score (nSPS) is 10.7. The molecule has 0 spiro atoms. The van der Waals surface area contributed by atoms with Crippen LogP contribution in [0.3, 0.4) is 0 Å².